The molecule has 0 atom stereocenters. The van der Waals surface area contributed by atoms with Crippen LogP contribution in [0.2, 0.25) is 0 Å². The molecule has 0 aliphatic heterocycles. The molecule has 4 heteroatoms. The van der Waals surface area contributed by atoms with Crippen molar-refractivity contribution in [3.05, 3.63) is 60.2 Å². The molecule has 0 fully saturated rings. The van der Waals surface area contributed by atoms with Crippen molar-refractivity contribution in [1.29, 1.82) is 0 Å². The van der Waals surface area contributed by atoms with Crippen LogP contribution >= 0.6 is 11.3 Å². The summed E-state index contributed by atoms with van der Waals surface area (Å²) < 4.78 is 1.05. The molecule has 0 saturated carbocycles. The summed E-state index contributed by atoms with van der Waals surface area (Å²) in [6.45, 7) is 0. The van der Waals surface area contributed by atoms with E-state index >= 15 is 0 Å². The van der Waals surface area contributed by atoms with E-state index < -0.39 is 0 Å². The highest BCUT2D eigenvalue weighted by atomic mass is 32.1. The van der Waals surface area contributed by atoms with Gasteiger partial charge in [-0.25, -0.2) is 4.98 Å². The predicted octanol–water partition coefficient (Wildman–Crippen LogP) is 4.63. The van der Waals surface area contributed by atoms with Gasteiger partial charge < -0.3 is 5.11 Å². The summed E-state index contributed by atoms with van der Waals surface area (Å²) in [7, 11) is 0. The lowest BCUT2D eigenvalue weighted by atomic mass is 10.0. The van der Waals surface area contributed by atoms with E-state index in [1.165, 1.54) is 11.3 Å². The van der Waals surface area contributed by atoms with Crippen molar-refractivity contribution in [3.8, 4) is 16.3 Å². The van der Waals surface area contributed by atoms with Gasteiger partial charge >= 0.3 is 0 Å². The van der Waals surface area contributed by atoms with Crippen LogP contribution in [0.5, 0.6) is 5.75 Å². The van der Waals surface area contributed by atoms with Crippen LogP contribution in [-0.2, 0) is 0 Å². The van der Waals surface area contributed by atoms with Crippen LogP contribution in [-0.4, -0.2) is 16.4 Å². The molecule has 4 rings (SSSR count). The van der Waals surface area contributed by atoms with Crippen LogP contribution in [0.3, 0.4) is 0 Å². The Morgan fingerprint density at radius 2 is 1.82 bits per heavy atom. The van der Waals surface area contributed by atoms with Crippen LogP contribution in [0, 0.1) is 0 Å². The Morgan fingerprint density at radius 1 is 1.05 bits per heavy atom. The summed E-state index contributed by atoms with van der Waals surface area (Å²) in [6, 6.07) is 17.2. The third kappa shape index (κ3) is 1.89. The number of para-hydroxylation sites is 1. The highest BCUT2D eigenvalue weighted by Crippen LogP contribution is 2.39. The number of phenols is 1. The fourth-order valence-corrected chi connectivity index (χ4v) is 3.62. The third-order valence-electron chi connectivity index (χ3n) is 3.70. The molecule has 3 nitrogen and oxygen atoms in total. The van der Waals surface area contributed by atoms with E-state index in [9.17, 15) is 9.90 Å². The van der Waals surface area contributed by atoms with Gasteiger partial charge in [-0.2, -0.15) is 0 Å². The van der Waals surface area contributed by atoms with Crippen LogP contribution in [0.4, 0.5) is 0 Å². The number of benzene rings is 3. The molecule has 0 saturated heterocycles. The summed E-state index contributed by atoms with van der Waals surface area (Å²) in [4.78, 5) is 16.0. The lowest BCUT2D eigenvalue weighted by molar-refractivity contribution is 0.112. The second-order valence-corrected chi connectivity index (χ2v) is 6.04. The van der Waals surface area contributed by atoms with E-state index in [1.54, 1.807) is 0 Å². The van der Waals surface area contributed by atoms with Crippen LogP contribution < -0.4 is 0 Å². The predicted molar refractivity (Wildman–Crippen MR) is 89.6 cm³/mol. The molecule has 0 bridgehead atoms. The number of phenolic OH excluding ortho intramolecular Hbond substituents is 1. The smallest absolute Gasteiger partial charge is 0.154 e. The maximum absolute atomic E-state index is 11.4. The molecular formula is C18H11NO2S. The first-order chi connectivity index (χ1) is 10.8. The number of aromatic nitrogens is 1. The summed E-state index contributed by atoms with van der Waals surface area (Å²) in [5.74, 6) is -0.00671. The van der Waals surface area contributed by atoms with Crippen LogP contribution in [0.15, 0.2) is 54.6 Å². The van der Waals surface area contributed by atoms with Crippen LogP contribution in [0.1, 0.15) is 10.4 Å². The Bertz CT molecular complexity index is 987. The molecule has 22 heavy (non-hydrogen) atoms. The number of rotatable bonds is 2. The van der Waals surface area contributed by atoms with Crippen molar-refractivity contribution in [2.75, 3.05) is 0 Å². The second kappa shape index (κ2) is 4.93. The SMILES string of the molecule is O=Cc1c(O)c(-c2nc3ccccc3s2)cc2ccccc12. The monoisotopic (exact) mass is 305 g/mol. The number of aldehydes is 1. The average Bonchev–Trinajstić information content (AvgIpc) is 2.98. The van der Waals surface area contributed by atoms with Gasteiger partial charge in [-0.15, -0.1) is 11.3 Å². The molecule has 4 aromatic rings. The first kappa shape index (κ1) is 13.0. The number of carbonyl (C=O) groups excluding carboxylic acids is 1. The highest BCUT2D eigenvalue weighted by Gasteiger charge is 2.16. The molecule has 0 radical (unpaired) electrons. The summed E-state index contributed by atoms with van der Waals surface area (Å²) in [5, 5.41) is 12.9. The molecular weight excluding hydrogens is 294 g/mol. The Hall–Kier alpha value is -2.72. The summed E-state index contributed by atoms with van der Waals surface area (Å²) in [5.41, 5.74) is 1.80. The van der Waals surface area contributed by atoms with Crippen molar-refractivity contribution in [2.45, 2.75) is 0 Å². The summed E-state index contributed by atoms with van der Waals surface area (Å²) in [6.07, 6.45) is 0.703. The third-order valence-corrected chi connectivity index (χ3v) is 4.77. The van der Waals surface area contributed by atoms with Crippen LogP contribution in [0.25, 0.3) is 31.6 Å². The first-order valence-electron chi connectivity index (χ1n) is 6.84. The van der Waals surface area contributed by atoms with Gasteiger partial charge in [0.2, 0.25) is 0 Å². The van der Waals surface area contributed by atoms with Gasteiger partial charge in [-0.1, -0.05) is 36.4 Å². The highest BCUT2D eigenvalue weighted by molar-refractivity contribution is 7.21. The van der Waals surface area contributed by atoms with E-state index in [1.807, 2.05) is 54.6 Å². The van der Waals surface area contributed by atoms with Crippen molar-refractivity contribution < 1.29 is 9.90 Å². The number of carbonyl (C=O) groups is 1. The van der Waals surface area contributed by atoms with Gasteiger partial charge in [-0.05, 0) is 29.0 Å². The standard InChI is InChI=1S/C18H11NO2S/c20-10-14-12-6-2-1-5-11(12)9-13(17(14)21)18-19-15-7-3-4-8-16(15)22-18/h1-10,21H. The zero-order chi connectivity index (χ0) is 15.1. The lowest BCUT2D eigenvalue weighted by Crippen LogP contribution is -1.89. The number of thiazole rings is 1. The van der Waals surface area contributed by atoms with Crippen molar-refractivity contribution in [1.82, 2.24) is 4.98 Å². The zero-order valence-corrected chi connectivity index (χ0v) is 12.3. The Kier molecular flexibility index (Phi) is 2.91. The van der Waals surface area contributed by atoms with Gasteiger partial charge in [0.05, 0.1) is 21.3 Å². The topological polar surface area (TPSA) is 50.2 Å². The average molecular weight is 305 g/mol. The van der Waals surface area contributed by atoms with Crippen molar-refractivity contribution in [3.63, 3.8) is 0 Å². The van der Waals surface area contributed by atoms with E-state index in [4.69, 9.17) is 0 Å². The quantitative estimate of drug-likeness (QED) is 0.549. The van der Waals surface area contributed by atoms with Crippen molar-refractivity contribution in [2.24, 2.45) is 0 Å². The van der Waals surface area contributed by atoms with Gasteiger partial charge in [0.15, 0.2) is 6.29 Å². The molecule has 3 aromatic carbocycles. The molecule has 0 aliphatic rings. The second-order valence-electron chi connectivity index (χ2n) is 5.01. The minimum absolute atomic E-state index is 0.00671. The summed E-state index contributed by atoms with van der Waals surface area (Å²) >= 11 is 1.51. The minimum Gasteiger partial charge on any atom is -0.506 e. The number of nitrogens with zero attached hydrogens (tertiary/aromatic N) is 1. The maximum Gasteiger partial charge on any atom is 0.154 e. The Balaban J connectivity index is 2.05. The molecule has 1 N–H and O–H groups in total. The van der Waals surface area contributed by atoms with Gasteiger partial charge in [-0.3, -0.25) is 4.79 Å². The molecule has 0 unspecified atom stereocenters. The minimum atomic E-state index is -0.00671. The van der Waals surface area contributed by atoms with E-state index in [2.05, 4.69) is 4.98 Å². The normalized spacial score (nSPS) is 11.1. The fourth-order valence-electron chi connectivity index (χ4n) is 2.63. The van der Waals surface area contributed by atoms with E-state index in [-0.39, 0.29) is 5.75 Å². The molecule has 0 aliphatic carbocycles. The first-order valence-corrected chi connectivity index (χ1v) is 7.65. The molecule has 0 spiro atoms. The molecule has 1 aromatic heterocycles. The molecule has 106 valence electrons. The van der Waals surface area contributed by atoms with Gasteiger partial charge in [0.25, 0.3) is 0 Å². The largest absolute Gasteiger partial charge is 0.506 e. The van der Waals surface area contributed by atoms with E-state index in [0.29, 0.717) is 22.4 Å². The van der Waals surface area contributed by atoms with Gasteiger partial charge in [0, 0.05) is 0 Å². The van der Waals surface area contributed by atoms with Crippen molar-refractivity contribution >= 4 is 38.6 Å². The number of hydrogen-bond donors (Lipinski definition) is 1. The number of fused-ring (bicyclic) bond motifs is 2. The zero-order valence-electron chi connectivity index (χ0n) is 11.5. The van der Waals surface area contributed by atoms with E-state index in [0.717, 1.165) is 21.0 Å². The molecule has 1 heterocycles. The number of hydrogen-bond acceptors (Lipinski definition) is 4. The maximum atomic E-state index is 11.4. The fraction of sp³-hybridized carbons (Fsp3) is 0. The Labute approximate surface area is 130 Å². The molecule has 0 amide bonds. The Morgan fingerprint density at radius 3 is 2.64 bits per heavy atom. The lowest BCUT2D eigenvalue weighted by Gasteiger charge is -2.08. The number of aromatic hydroxyl groups is 1. The van der Waals surface area contributed by atoms with Gasteiger partial charge in [0.1, 0.15) is 10.8 Å².